The second-order valence-corrected chi connectivity index (χ2v) is 6.85. The van der Waals surface area contributed by atoms with Crippen LogP contribution in [0.15, 0.2) is 12.4 Å². The molecule has 0 radical (unpaired) electrons. The molecule has 2 aliphatic heterocycles. The van der Waals surface area contributed by atoms with Crippen LogP contribution in [-0.4, -0.2) is 46.8 Å². The van der Waals surface area contributed by atoms with Crippen molar-refractivity contribution in [3.8, 4) is 0 Å². The normalized spacial score (nSPS) is 29.5. The molecule has 5 heteroatoms. The molecule has 1 amide bonds. The van der Waals surface area contributed by atoms with Gasteiger partial charge in [-0.1, -0.05) is 13.3 Å². The van der Waals surface area contributed by atoms with E-state index in [-0.39, 0.29) is 11.8 Å². The van der Waals surface area contributed by atoms with Gasteiger partial charge in [-0.05, 0) is 30.7 Å². The molecular formula is C17H28N4O. The predicted molar refractivity (Wildman–Crippen MR) is 86.5 cm³/mol. The highest BCUT2D eigenvalue weighted by Crippen LogP contribution is 2.30. The monoisotopic (exact) mass is 304 g/mol. The molecule has 1 unspecified atom stereocenters. The van der Waals surface area contributed by atoms with E-state index in [4.69, 9.17) is 0 Å². The maximum atomic E-state index is 13.0. The number of likely N-dealkylation sites (tertiary alicyclic amines) is 1. The quantitative estimate of drug-likeness (QED) is 0.926. The lowest BCUT2D eigenvalue weighted by Crippen LogP contribution is -2.39. The van der Waals surface area contributed by atoms with Crippen LogP contribution in [0.2, 0.25) is 0 Å². The number of hydrogen-bond acceptors (Lipinski definition) is 3. The fourth-order valence-electron chi connectivity index (χ4n) is 3.95. The van der Waals surface area contributed by atoms with Gasteiger partial charge in [0.2, 0.25) is 5.91 Å². The van der Waals surface area contributed by atoms with Gasteiger partial charge in [-0.3, -0.25) is 9.48 Å². The van der Waals surface area contributed by atoms with Crippen LogP contribution in [0, 0.1) is 11.8 Å². The van der Waals surface area contributed by atoms with E-state index in [1.165, 1.54) is 24.8 Å². The van der Waals surface area contributed by atoms with Crippen molar-refractivity contribution in [2.75, 3.05) is 26.2 Å². The zero-order valence-electron chi connectivity index (χ0n) is 13.8. The van der Waals surface area contributed by atoms with Crippen LogP contribution in [0.4, 0.5) is 0 Å². The Hall–Kier alpha value is -1.36. The van der Waals surface area contributed by atoms with Gasteiger partial charge >= 0.3 is 0 Å². The largest absolute Gasteiger partial charge is 0.342 e. The maximum Gasteiger partial charge on any atom is 0.227 e. The average Bonchev–Trinajstić information content (AvgIpc) is 3.09. The SMILES string of the molecule is CCC1CCCN(C(=O)[C@H]2CNC[C@@H]2c2cnn(C)c2)CC1. The minimum atomic E-state index is 0.0716. The van der Waals surface area contributed by atoms with Crippen molar-refractivity contribution in [1.29, 1.82) is 0 Å². The van der Waals surface area contributed by atoms with E-state index in [9.17, 15) is 4.79 Å². The number of nitrogens with one attached hydrogen (secondary N) is 1. The van der Waals surface area contributed by atoms with Crippen molar-refractivity contribution >= 4 is 5.91 Å². The fraction of sp³-hybridized carbons (Fsp3) is 0.765. The highest BCUT2D eigenvalue weighted by molar-refractivity contribution is 5.80. The summed E-state index contributed by atoms with van der Waals surface area (Å²) in [7, 11) is 1.93. The van der Waals surface area contributed by atoms with E-state index in [2.05, 4.69) is 22.2 Å². The zero-order chi connectivity index (χ0) is 15.5. The third kappa shape index (κ3) is 3.19. The standard InChI is InChI=1S/C17H28N4O/c1-3-13-5-4-7-21(8-6-13)17(22)16-11-18-10-15(16)14-9-19-20(2)12-14/h9,12-13,15-16,18H,3-8,10-11H2,1-2H3/t13?,15-,16+/m1/s1. The summed E-state index contributed by atoms with van der Waals surface area (Å²) >= 11 is 0. The topological polar surface area (TPSA) is 50.2 Å². The first-order valence-electron chi connectivity index (χ1n) is 8.67. The number of nitrogens with zero attached hydrogens (tertiary/aromatic N) is 3. The van der Waals surface area contributed by atoms with Gasteiger partial charge in [-0.25, -0.2) is 0 Å². The number of carbonyl (C=O) groups is 1. The first-order valence-corrected chi connectivity index (χ1v) is 8.67. The number of aromatic nitrogens is 2. The molecule has 2 saturated heterocycles. The smallest absolute Gasteiger partial charge is 0.227 e. The number of hydrogen-bond donors (Lipinski definition) is 1. The zero-order valence-corrected chi connectivity index (χ0v) is 13.8. The molecule has 0 bridgehead atoms. The second kappa shape index (κ2) is 6.82. The van der Waals surface area contributed by atoms with Crippen molar-refractivity contribution < 1.29 is 4.79 Å². The summed E-state index contributed by atoms with van der Waals surface area (Å²) in [5.41, 5.74) is 1.19. The molecular weight excluding hydrogens is 276 g/mol. The Labute approximate surface area is 133 Å². The van der Waals surface area contributed by atoms with Crippen LogP contribution in [0.5, 0.6) is 0 Å². The van der Waals surface area contributed by atoms with Gasteiger partial charge in [0.1, 0.15) is 0 Å². The summed E-state index contributed by atoms with van der Waals surface area (Å²) in [6, 6.07) is 0. The molecule has 122 valence electrons. The van der Waals surface area contributed by atoms with Crippen LogP contribution in [-0.2, 0) is 11.8 Å². The lowest BCUT2D eigenvalue weighted by molar-refractivity contribution is -0.135. The summed E-state index contributed by atoms with van der Waals surface area (Å²) < 4.78 is 1.83. The number of aryl methyl sites for hydroxylation is 1. The van der Waals surface area contributed by atoms with Gasteiger partial charge in [0.05, 0.1) is 12.1 Å². The Morgan fingerprint density at radius 3 is 2.95 bits per heavy atom. The molecule has 0 spiro atoms. The molecule has 1 N–H and O–H groups in total. The first-order chi connectivity index (χ1) is 10.7. The fourth-order valence-corrected chi connectivity index (χ4v) is 3.95. The molecule has 0 aliphatic carbocycles. The van der Waals surface area contributed by atoms with Crippen LogP contribution in [0.3, 0.4) is 0 Å². The van der Waals surface area contributed by atoms with E-state index < -0.39 is 0 Å². The van der Waals surface area contributed by atoms with Crippen LogP contribution in [0.25, 0.3) is 0 Å². The number of amides is 1. The minimum absolute atomic E-state index is 0.0716. The summed E-state index contributed by atoms with van der Waals surface area (Å²) in [4.78, 5) is 15.1. The summed E-state index contributed by atoms with van der Waals surface area (Å²) in [6.07, 6.45) is 8.80. The van der Waals surface area contributed by atoms with E-state index in [0.717, 1.165) is 38.5 Å². The van der Waals surface area contributed by atoms with Crippen molar-refractivity contribution in [1.82, 2.24) is 20.0 Å². The van der Waals surface area contributed by atoms with Gasteiger partial charge in [0, 0.05) is 45.3 Å². The highest BCUT2D eigenvalue weighted by Gasteiger charge is 2.37. The molecule has 2 fully saturated rings. The van der Waals surface area contributed by atoms with Gasteiger partial charge in [0.25, 0.3) is 0 Å². The third-order valence-electron chi connectivity index (χ3n) is 5.42. The lowest BCUT2D eigenvalue weighted by atomic mass is 9.89. The van der Waals surface area contributed by atoms with Crippen molar-refractivity contribution in [2.24, 2.45) is 18.9 Å². The van der Waals surface area contributed by atoms with Crippen LogP contribution in [0.1, 0.15) is 44.1 Å². The van der Waals surface area contributed by atoms with Crippen LogP contribution >= 0.6 is 0 Å². The lowest BCUT2D eigenvalue weighted by Gasteiger charge is -2.26. The molecule has 1 aromatic heterocycles. The molecule has 3 rings (SSSR count). The van der Waals surface area contributed by atoms with Gasteiger partial charge in [-0.2, -0.15) is 5.10 Å². The Bertz CT molecular complexity index is 513. The Morgan fingerprint density at radius 2 is 2.23 bits per heavy atom. The molecule has 3 atom stereocenters. The maximum absolute atomic E-state index is 13.0. The predicted octanol–water partition coefficient (Wildman–Crippen LogP) is 1.76. The first kappa shape index (κ1) is 15.5. The van der Waals surface area contributed by atoms with E-state index >= 15 is 0 Å². The van der Waals surface area contributed by atoms with Gasteiger partial charge in [0.15, 0.2) is 0 Å². The van der Waals surface area contributed by atoms with Gasteiger partial charge in [-0.15, -0.1) is 0 Å². The molecule has 1 aromatic rings. The number of rotatable bonds is 3. The summed E-state index contributed by atoms with van der Waals surface area (Å²) in [5.74, 6) is 1.48. The molecule has 3 heterocycles. The summed E-state index contributed by atoms with van der Waals surface area (Å²) in [5, 5.41) is 7.67. The van der Waals surface area contributed by atoms with Crippen LogP contribution < -0.4 is 5.32 Å². The third-order valence-corrected chi connectivity index (χ3v) is 5.42. The molecule has 0 aromatic carbocycles. The summed E-state index contributed by atoms with van der Waals surface area (Å²) in [6.45, 7) is 5.82. The van der Waals surface area contributed by atoms with E-state index in [1.54, 1.807) is 0 Å². The van der Waals surface area contributed by atoms with Crippen molar-refractivity contribution in [2.45, 2.75) is 38.5 Å². The van der Waals surface area contributed by atoms with E-state index in [1.807, 2.05) is 24.1 Å². The number of carbonyl (C=O) groups excluding carboxylic acids is 1. The van der Waals surface area contributed by atoms with Crippen molar-refractivity contribution in [3.63, 3.8) is 0 Å². The second-order valence-electron chi connectivity index (χ2n) is 6.85. The molecule has 22 heavy (non-hydrogen) atoms. The van der Waals surface area contributed by atoms with E-state index in [0.29, 0.717) is 5.91 Å². The molecule has 5 nitrogen and oxygen atoms in total. The van der Waals surface area contributed by atoms with Gasteiger partial charge < -0.3 is 10.2 Å². The molecule has 2 aliphatic rings. The highest BCUT2D eigenvalue weighted by atomic mass is 16.2. The Kier molecular flexibility index (Phi) is 4.81. The average molecular weight is 304 g/mol. The molecule has 0 saturated carbocycles. The Morgan fingerprint density at radius 1 is 1.36 bits per heavy atom. The van der Waals surface area contributed by atoms with Crippen molar-refractivity contribution in [3.05, 3.63) is 18.0 Å². The Balaban J connectivity index is 1.68. The minimum Gasteiger partial charge on any atom is -0.342 e.